The van der Waals surface area contributed by atoms with Crippen LogP contribution in [0.2, 0.25) is 0 Å². The molecule has 0 saturated carbocycles. The molecule has 1 aromatic carbocycles. The zero-order valence-electron chi connectivity index (χ0n) is 18.9. The van der Waals surface area contributed by atoms with Gasteiger partial charge in [0.15, 0.2) is 0 Å². The van der Waals surface area contributed by atoms with E-state index in [1.165, 1.54) is 6.33 Å². The van der Waals surface area contributed by atoms with Crippen molar-refractivity contribution in [2.75, 3.05) is 39.2 Å². The Labute approximate surface area is 192 Å². The molecule has 172 valence electrons. The standard InChI is InChI=1S/C24H27N5O4/c1-15(19-6-4-16(24(30)25-2)8-21(19)31-3)10-26-22-9-20(28-14-29-22)17-5-7-23(27-11-17)33-18-12-32-13-18/h4-9,11,14-15,18H,10,12-13H2,1-3H3,(H,25,30)(H,26,28,29). The molecule has 3 heterocycles. The number of nitrogens with zero attached hydrogens (tertiary/aromatic N) is 3. The van der Waals surface area contributed by atoms with Crippen LogP contribution in [-0.4, -0.2) is 60.9 Å². The van der Waals surface area contributed by atoms with E-state index in [0.717, 1.165) is 16.8 Å². The maximum Gasteiger partial charge on any atom is 0.251 e. The molecular formula is C24H27N5O4. The van der Waals surface area contributed by atoms with E-state index >= 15 is 0 Å². The van der Waals surface area contributed by atoms with Crippen molar-refractivity contribution < 1.29 is 19.0 Å². The van der Waals surface area contributed by atoms with Crippen LogP contribution < -0.4 is 20.1 Å². The molecule has 0 spiro atoms. The zero-order valence-corrected chi connectivity index (χ0v) is 18.9. The number of nitrogens with one attached hydrogen (secondary N) is 2. The topological polar surface area (TPSA) is 107 Å². The zero-order chi connectivity index (χ0) is 23.2. The third-order valence-electron chi connectivity index (χ3n) is 5.44. The lowest BCUT2D eigenvalue weighted by Gasteiger charge is -2.26. The highest BCUT2D eigenvalue weighted by Crippen LogP contribution is 2.28. The van der Waals surface area contributed by atoms with Crippen molar-refractivity contribution in [1.82, 2.24) is 20.3 Å². The summed E-state index contributed by atoms with van der Waals surface area (Å²) in [5, 5.41) is 5.99. The fourth-order valence-electron chi connectivity index (χ4n) is 3.44. The summed E-state index contributed by atoms with van der Waals surface area (Å²) in [6, 6.07) is 11.1. The fourth-order valence-corrected chi connectivity index (χ4v) is 3.44. The molecule has 4 rings (SSSR count). The molecule has 0 radical (unpaired) electrons. The molecular weight excluding hydrogens is 422 g/mol. The van der Waals surface area contributed by atoms with E-state index in [9.17, 15) is 4.79 Å². The number of hydrogen-bond acceptors (Lipinski definition) is 8. The van der Waals surface area contributed by atoms with Gasteiger partial charge in [-0.1, -0.05) is 13.0 Å². The summed E-state index contributed by atoms with van der Waals surface area (Å²) in [5.74, 6) is 1.93. The van der Waals surface area contributed by atoms with E-state index in [-0.39, 0.29) is 17.9 Å². The highest BCUT2D eigenvalue weighted by Gasteiger charge is 2.20. The van der Waals surface area contributed by atoms with Crippen LogP contribution in [0.3, 0.4) is 0 Å². The molecule has 9 heteroatoms. The largest absolute Gasteiger partial charge is 0.496 e. The maximum atomic E-state index is 11.9. The van der Waals surface area contributed by atoms with E-state index in [1.807, 2.05) is 24.3 Å². The van der Waals surface area contributed by atoms with E-state index in [1.54, 1.807) is 32.5 Å². The minimum absolute atomic E-state index is 0.0822. The van der Waals surface area contributed by atoms with Crippen LogP contribution >= 0.6 is 0 Å². The molecule has 1 saturated heterocycles. The molecule has 33 heavy (non-hydrogen) atoms. The van der Waals surface area contributed by atoms with Gasteiger partial charge in [0.2, 0.25) is 5.88 Å². The maximum absolute atomic E-state index is 11.9. The van der Waals surface area contributed by atoms with Crippen molar-refractivity contribution in [2.45, 2.75) is 18.9 Å². The summed E-state index contributed by atoms with van der Waals surface area (Å²) < 4.78 is 16.3. The van der Waals surface area contributed by atoms with E-state index < -0.39 is 0 Å². The van der Waals surface area contributed by atoms with Crippen molar-refractivity contribution in [3.8, 4) is 22.9 Å². The average Bonchev–Trinajstić information content (AvgIpc) is 2.84. The highest BCUT2D eigenvalue weighted by molar-refractivity contribution is 5.94. The van der Waals surface area contributed by atoms with E-state index in [0.29, 0.717) is 42.8 Å². The van der Waals surface area contributed by atoms with Gasteiger partial charge in [-0.05, 0) is 23.8 Å². The van der Waals surface area contributed by atoms with Gasteiger partial charge in [0, 0.05) is 49.0 Å². The minimum atomic E-state index is -0.148. The predicted molar refractivity (Wildman–Crippen MR) is 124 cm³/mol. The summed E-state index contributed by atoms with van der Waals surface area (Å²) in [7, 11) is 3.21. The SMILES string of the molecule is CNC(=O)c1ccc(C(C)CNc2cc(-c3ccc(OC4COC4)nc3)ncn2)c(OC)c1. The van der Waals surface area contributed by atoms with Gasteiger partial charge in [0.1, 0.15) is 24.0 Å². The van der Waals surface area contributed by atoms with Gasteiger partial charge >= 0.3 is 0 Å². The van der Waals surface area contributed by atoms with Gasteiger partial charge in [0.25, 0.3) is 5.91 Å². The number of pyridine rings is 1. The molecule has 1 aliphatic heterocycles. The first-order valence-electron chi connectivity index (χ1n) is 10.7. The Morgan fingerprint density at radius 1 is 1.18 bits per heavy atom. The Kier molecular flexibility index (Phi) is 6.99. The van der Waals surface area contributed by atoms with Crippen LogP contribution in [0.25, 0.3) is 11.3 Å². The van der Waals surface area contributed by atoms with Crippen LogP contribution in [0.15, 0.2) is 48.9 Å². The Hall–Kier alpha value is -3.72. The summed E-state index contributed by atoms with van der Waals surface area (Å²) >= 11 is 0. The second-order valence-corrected chi connectivity index (χ2v) is 7.77. The van der Waals surface area contributed by atoms with Gasteiger partial charge in [-0.25, -0.2) is 15.0 Å². The number of hydrogen-bond donors (Lipinski definition) is 2. The van der Waals surface area contributed by atoms with Crippen molar-refractivity contribution in [1.29, 1.82) is 0 Å². The molecule has 9 nitrogen and oxygen atoms in total. The normalized spacial score (nSPS) is 14.2. The summed E-state index contributed by atoms with van der Waals surface area (Å²) in [6.07, 6.45) is 3.35. The molecule has 1 fully saturated rings. The van der Waals surface area contributed by atoms with Crippen molar-refractivity contribution in [3.63, 3.8) is 0 Å². The number of aromatic nitrogens is 3. The van der Waals surface area contributed by atoms with Crippen LogP contribution in [0.4, 0.5) is 5.82 Å². The first-order valence-corrected chi connectivity index (χ1v) is 10.7. The molecule has 1 unspecified atom stereocenters. The van der Waals surface area contributed by atoms with Crippen molar-refractivity contribution in [3.05, 3.63) is 60.0 Å². The fraction of sp³-hybridized carbons (Fsp3) is 0.333. The third-order valence-corrected chi connectivity index (χ3v) is 5.44. The molecule has 1 aliphatic rings. The first kappa shape index (κ1) is 22.5. The number of rotatable bonds is 9. The summed E-state index contributed by atoms with van der Waals surface area (Å²) in [4.78, 5) is 25.0. The highest BCUT2D eigenvalue weighted by atomic mass is 16.6. The van der Waals surface area contributed by atoms with Gasteiger partial charge < -0.3 is 24.8 Å². The average molecular weight is 450 g/mol. The monoisotopic (exact) mass is 449 g/mol. The van der Waals surface area contributed by atoms with Crippen LogP contribution in [0.5, 0.6) is 11.6 Å². The van der Waals surface area contributed by atoms with Crippen LogP contribution in [0.1, 0.15) is 28.8 Å². The van der Waals surface area contributed by atoms with Crippen molar-refractivity contribution in [2.24, 2.45) is 0 Å². The van der Waals surface area contributed by atoms with Crippen LogP contribution in [-0.2, 0) is 4.74 Å². The Balaban J connectivity index is 1.41. The third kappa shape index (κ3) is 5.38. The lowest BCUT2D eigenvalue weighted by Crippen LogP contribution is -2.38. The molecule has 2 N–H and O–H groups in total. The van der Waals surface area contributed by atoms with Gasteiger partial charge in [0.05, 0.1) is 26.0 Å². The summed E-state index contributed by atoms with van der Waals surface area (Å²) in [6.45, 7) is 3.92. The number of methoxy groups -OCH3 is 1. The van der Waals surface area contributed by atoms with Gasteiger partial charge in [-0.2, -0.15) is 0 Å². The van der Waals surface area contributed by atoms with Gasteiger partial charge in [-0.15, -0.1) is 0 Å². The Morgan fingerprint density at radius 3 is 2.70 bits per heavy atom. The second kappa shape index (κ2) is 10.3. The predicted octanol–water partition coefficient (Wildman–Crippen LogP) is 2.90. The lowest BCUT2D eigenvalue weighted by atomic mass is 9.98. The quantitative estimate of drug-likeness (QED) is 0.514. The molecule has 0 aliphatic carbocycles. The molecule has 1 atom stereocenters. The number of anilines is 1. The second-order valence-electron chi connectivity index (χ2n) is 7.77. The Morgan fingerprint density at radius 2 is 2.03 bits per heavy atom. The van der Waals surface area contributed by atoms with Crippen LogP contribution in [0, 0.1) is 0 Å². The minimum Gasteiger partial charge on any atom is -0.496 e. The van der Waals surface area contributed by atoms with Crippen molar-refractivity contribution >= 4 is 11.7 Å². The number of carbonyl (C=O) groups excluding carboxylic acids is 1. The van der Waals surface area contributed by atoms with E-state index in [2.05, 4.69) is 32.5 Å². The summed E-state index contributed by atoms with van der Waals surface area (Å²) in [5.41, 5.74) is 3.20. The number of amides is 1. The first-order chi connectivity index (χ1) is 16.1. The molecule has 2 aromatic heterocycles. The smallest absolute Gasteiger partial charge is 0.251 e. The molecule has 1 amide bonds. The Bertz CT molecular complexity index is 1100. The number of benzene rings is 1. The number of carbonyl (C=O) groups is 1. The molecule has 0 bridgehead atoms. The van der Waals surface area contributed by atoms with Gasteiger partial charge in [-0.3, -0.25) is 4.79 Å². The molecule has 3 aromatic rings. The van der Waals surface area contributed by atoms with E-state index in [4.69, 9.17) is 14.2 Å². The number of ether oxygens (including phenoxy) is 3. The lowest BCUT2D eigenvalue weighted by molar-refractivity contribution is -0.0813.